The third-order valence-corrected chi connectivity index (χ3v) is 3.67. The van der Waals surface area contributed by atoms with Crippen LogP contribution in [0.1, 0.15) is 16.1 Å². The standard InChI is InChI=1S/C14H10FN3OS/c1-8-6-12-11(7-16-8)17-14(20-12)18-13(19)9-2-4-10(15)5-3-9/h2-7H,1H3,(H,17,18,19). The highest BCUT2D eigenvalue weighted by Crippen LogP contribution is 2.26. The lowest BCUT2D eigenvalue weighted by atomic mass is 10.2. The first-order valence-electron chi connectivity index (χ1n) is 5.92. The minimum atomic E-state index is -0.372. The molecule has 0 saturated heterocycles. The lowest BCUT2D eigenvalue weighted by Crippen LogP contribution is -2.11. The van der Waals surface area contributed by atoms with Crippen molar-refractivity contribution >= 4 is 32.6 Å². The van der Waals surface area contributed by atoms with Crippen molar-refractivity contribution in [3.8, 4) is 0 Å². The Morgan fingerprint density at radius 2 is 2.05 bits per heavy atom. The smallest absolute Gasteiger partial charge is 0.257 e. The summed E-state index contributed by atoms with van der Waals surface area (Å²) >= 11 is 1.38. The number of pyridine rings is 1. The maximum Gasteiger partial charge on any atom is 0.257 e. The lowest BCUT2D eigenvalue weighted by molar-refractivity contribution is 0.102. The molecule has 1 aromatic carbocycles. The summed E-state index contributed by atoms with van der Waals surface area (Å²) in [6, 6.07) is 7.29. The van der Waals surface area contributed by atoms with Crippen molar-refractivity contribution < 1.29 is 9.18 Å². The highest BCUT2D eigenvalue weighted by Gasteiger charge is 2.10. The van der Waals surface area contributed by atoms with Gasteiger partial charge in [-0.2, -0.15) is 0 Å². The number of nitrogens with one attached hydrogen (secondary N) is 1. The van der Waals surface area contributed by atoms with E-state index < -0.39 is 0 Å². The Labute approximate surface area is 118 Å². The maximum absolute atomic E-state index is 12.8. The quantitative estimate of drug-likeness (QED) is 0.786. The molecule has 0 saturated carbocycles. The molecule has 1 amide bonds. The first-order chi connectivity index (χ1) is 9.61. The number of aryl methyl sites for hydroxylation is 1. The molecule has 0 bridgehead atoms. The predicted octanol–water partition coefficient (Wildman–Crippen LogP) is 3.39. The molecule has 20 heavy (non-hydrogen) atoms. The molecular formula is C14H10FN3OS. The Bertz CT molecular complexity index is 783. The van der Waals surface area contributed by atoms with Gasteiger partial charge in [0.05, 0.1) is 10.9 Å². The molecule has 3 rings (SSSR count). The number of carbonyl (C=O) groups excluding carboxylic acids is 1. The SMILES string of the molecule is Cc1cc2sc(NC(=O)c3ccc(F)cc3)nc2cn1. The van der Waals surface area contributed by atoms with E-state index >= 15 is 0 Å². The van der Waals surface area contributed by atoms with E-state index in [0.29, 0.717) is 10.7 Å². The van der Waals surface area contributed by atoms with Gasteiger partial charge in [-0.15, -0.1) is 0 Å². The summed E-state index contributed by atoms with van der Waals surface area (Å²) in [4.78, 5) is 20.4. The van der Waals surface area contributed by atoms with E-state index in [-0.39, 0.29) is 11.7 Å². The van der Waals surface area contributed by atoms with E-state index in [9.17, 15) is 9.18 Å². The second kappa shape index (κ2) is 4.97. The van der Waals surface area contributed by atoms with Gasteiger partial charge in [-0.3, -0.25) is 15.1 Å². The van der Waals surface area contributed by atoms with Crippen molar-refractivity contribution in [3.05, 3.63) is 53.6 Å². The Morgan fingerprint density at radius 3 is 2.80 bits per heavy atom. The van der Waals surface area contributed by atoms with Gasteiger partial charge >= 0.3 is 0 Å². The van der Waals surface area contributed by atoms with Gasteiger partial charge in [0, 0.05) is 11.3 Å². The number of benzene rings is 1. The zero-order valence-corrected chi connectivity index (χ0v) is 11.4. The first-order valence-corrected chi connectivity index (χ1v) is 6.73. The first kappa shape index (κ1) is 12.7. The number of nitrogens with zero attached hydrogens (tertiary/aromatic N) is 2. The van der Waals surface area contributed by atoms with Crippen molar-refractivity contribution in [2.24, 2.45) is 0 Å². The number of fused-ring (bicyclic) bond motifs is 1. The molecule has 0 aliphatic carbocycles. The Hall–Kier alpha value is -2.34. The Balaban J connectivity index is 1.85. The van der Waals surface area contributed by atoms with Crippen LogP contribution in [-0.2, 0) is 0 Å². The van der Waals surface area contributed by atoms with E-state index in [4.69, 9.17) is 0 Å². The molecule has 0 aliphatic heterocycles. The molecule has 0 atom stereocenters. The molecule has 0 spiro atoms. The molecule has 6 heteroatoms. The summed E-state index contributed by atoms with van der Waals surface area (Å²) in [5.74, 6) is -0.683. The maximum atomic E-state index is 12.8. The van der Waals surface area contributed by atoms with Gasteiger partial charge in [-0.25, -0.2) is 9.37 Å². The third-order valence-electron chi connectivity index (χ3n) is 2.74. The number of thiazole rings is 1. The molecule has 4 nitrogen and oxygen atoms in total. The van der Waals surface area contributed by atoms with Crippen LogP contribution in [0.4, 0.5) is 9.52 Å². The van der Waals surface area contributed by atoms with Crippen molar-refractivity contribution in [3.63, 3.8) is 0 Å². The van der Waals surface area contributed by atoms with Gasteiger partial charge in [-0.05, 0) is 37.3 Å². The number of hydrogen-bond donors (Lipinski definition) is 1. The van der Waals surface area contributed by atoms with Gasteiger partial charge in [0.2, 0.25) is 0 Å². The van der Waals surface area contributed by atoms with Gasteiger partial charge in [0.15, 0.2) is 5.13 Å². The lowest BCUT2D eigenvalue weighted by Gasteiger charge is -2.00. The summed E-state index contributed by atoms with van der Waals surface area (Å²) in [6.45, 7) is 1.90. The van der Waals surface area contributed by atoms with Crippen LogP contribution < -0.4 is 5.32 Å². The van der Waals surface area contributed by atoms with Crippen LogP contribution in [0.2, 0.25) is 0 Å². The molecule has 2 heterocycles. The monoisotopic (exact) mass is 287 g/mol. The molecule has 0 radical (unpaired) electrons. The number of carbonyl (C=O) groups is 1. The highest BCUT2D eigenvalue weighted by molar-refractivity contribution is 7.22. The van der Waals surface area contributed by atoms with Crippen LogP contribution in [0.5, 0.6) is 0 Å². The molecule has 0 fully saturated rings. The second-order valence-corrected chi connectivity index (χ2v) is 5.30. The number of hydrogen-bond acceptors (Lipinski definition) is 4. The number of amides is 1. The second-order valence-electron chi connectivity index (χ2n) is 4.27. The molecular weight excluding hydrogens is 277 g/mol. The topological polar surface area (TPSA) is 54.9 Å². The van der Waals surface area contributed by atoms with E-state index in [1.807, 2.05) is 13.0 Å². The summed E-state index contributed by atoms with van der Waals surface area (Å²) in [7, 11) is 0. The van der Waals surface area contributed by atoms with E-state index in [1.165, 1.54) is 35.6 Å². The zero-order chi connectivity index (χ0) is 14.1. The average Bonchev–Trinajstić information content (AvgIpc) is 2.80. The minimum absolute atomic E-state index is 0.311. The predicted molar refractivity (Wildman–Crippen MR) is 76.5 cm³/mol. The summed E-state index contributed by atoms with van der Waals surface area (Å²) in [5, 5.41) is 3.21. The fourth-order valence-electron chi connectivity index (χ4n) is 1.75. The van der Waals surface area contributed by atoms with Crippen LogP contribution in [0.3, 0.4) is 0 Å². The fourth-order valence-corrected chi connectivity index (χ4v) is 2.68. The van der Waals surface area contributed by atoms with Gasteiger partial charge in [0.1, 0.15) is 11.3 Å². The molecule has 100 valence electrons. The van der Waals surface area contributed by atoms with E-state index in [2.05, 4.69) is 15.3 Å². The van der Waals surface area contributed by atoms with Crippen molar-refractivity contribution in [1.82, 2.24) is 9.97 Å². The summed E-state index contributed by atoms with van der Waals surface area (Å²) in [5.41, 5.74) is 2.03. The normalized spacial score (nSPS) is 10.7. The van der Waals surface area contributed by atoms with Gasteiger partial charge < -0.3 is 0 Å². The number of aromatic nitrogens is 2. The Kier molecular flexibility index (Phi) is 3.15. The van der Waals surface area contributed by atoms with Gasteiger partial charge in [-0.1, -0.05) is 11.3 Å². The average molecular weight is 287 g/mol. The van der Waals surface area contributed by atoms with Crippen molar-refractivity contribution in [1.29, 1.82) is 0 Å². The summed E-state index contributed by atoms with van der Waals surface area (Å²) in [6.07, 6.45) is 1.68. The van der Waals surface area contributed by atoms with Crippen molar-refractivity contribution in [2.75, 3.05) is 5.32 Å². The highest BCUT2D eigenvalue weighted by atomic mass is 32.1. The summed E-state index contributed by atoms with van der Waals surface area (Å²) < 4.78 is 13.8. The van der Waals surface area contributed by atoms with Crippen LogP contribution in [0.25, 0.3) is 10.2 Å². The number of rotatable bonds is 2. The largest absolute Gasteiger partial charge is 0.298 e. The van der Waals surface area contributed by atoms with Crippen LogP contribution in [0, 0.1) is 12.7 Å². The molecule has 2 aromatic heterocycles. The van der Waals surface area contributed by atoms with Crippen molar-refractivity contribution in [2.45, 2.75) is 6.92 Å². The van der Waals surface area contributed by atoms with Crippen LogP contribution in [0.15, 0.2) is 36.5 Å². The van der Waals surface area contributed by atoms with Gasteiger partial charge in [0.25, 0.3) is 5.91 Å². The minimum Gasteiger partial charge on any atom is -0.298 e. The molecule has 0 unspecified atom stereocenters. The number of anilines is 1. The van der Waals surface area contributed by atoms with Crippen LogP contribution >= 0.6 is 11.3 Å². The zero-order valence-electron chi connectivity index (χ0n) is 10.6. The molecule has 0 aliphatic rings. The fraction of sp³-hybridized carbons (Fsp3) is 0.0714. The molecule has 3 aromatic rings. The third kappa shape index (κ3) is 2.50. The number of halogens is 1. The van der Waals surface area contributed by atoms with E-state index in [0.717, 1.165) is 15.9 Å². The van der Waals surface area contributed by atoms with E-state index in [1.54, 1.807) is 6.20 Å². The Morgan fingerprint density at radius 1 is 1.30 bits per heavy atom. The molecule has 1 N–H and O–H groups in total. The van der Waals surface area contributed by atoms with Crippen LogP contribution in [-0.4, -0.2) is 15.9 Å².